The molecule has 3 saturated heterocycles. The molecule has 0 amide bonds. The highest BCUT2D eigenvalue weighted by atomic mass is 32.2. The second kappa shape index (κ2) is 5.39. The summed E-state index contributed by atoms with van der Waals surface area (Å²) in [5.41, 5.74) is 0.258. The summed E-state index contributed by atoms with van der Waals surface area (Å²) in [7, 11) is 0. The zero-order chi connectivity index (χ0) is 12.4. The fourth-order valence-corrected chi connectivity index (χ4v) is 4.13. The number of ether oxygens (including phenoxy) is 2. The van der Waals surface area contributed by atoms with Crippen LogP contribution in [0, 0.1) is 5.92 Å². The summed E-state index contributed by atoms with van der Waals surface area (Å²) < 4.78 is 10.9. The van der Waals surface area contributed by atoms with Gasteiger partial charge in [-0.05, 0) is 26.2 Å². The van der Waals surface area contributed by atoms with Crippen molar-refractivity contribution in [3.05, 3.63) is 0 Å². The van der Waals surface area contributed by atoms with Gasteiger partial charge in [0.25, 0.3) is 0 Å². The van der Waals surface area contributed by atoms with Gasteiger partial charge in [-0.3, -0.25) is 4.99 Å². The van der Waals surface area contributed by atoms with E-state index in [0.717, 1.165) is 56.6 Å². The molecule has 0 radical (unpaired) electrons. The lowest BCUT2D eigenvalue weighted by Crippen LogP contribution is -2.48. The third-order valence-corrected chi connectivity index (χ3v) is 5.45. The van der Waals surface area contributed by atoms with Crippen LogP contribution in [0.2, 0.25) is 0 Å². The zero-order valence-electron chi connectivity index (χ0n) is 11.0. The summed E-state index contributed by atoms with van der Waals surface area (Å²) in [6.45, 7) is 5.76. The lowest BCUT2D eigenvalue weighted by atomic mass is 9.93. The van der Waals surface area contributed by atoms with Crippen molar-refractivity contribution in [2.24, 2.45) is 10.9 Å². The highest BCUT2D eigenvalue weighted by Gasteiger charge is 2.39. The van der Waals surface area contributed by atoms with Crippen molar-refractivity contribution < 1.29 is 9.47 Å². The Labute approximate surface area is 113 Å². The Kier molecular flexibility index (Phi) is 3.82. The van der Waals surface area contributed by atoms with Crippen LogP contribution in [0.5, 0.6) is 0 Å². The lowest BCUT2D eigenvalue weighted by molar-refractivity contribution is 0.0555. The third-order valence-electron chi connectivity index (χ3n) is 4.28. The molecule has 0 aromatic rings. The van der Waals surface area contributed by atoms with Gasteiger partial charge in [0.05, 0.1) is 18.2 Å². The van der Waals surface area contributed by atoms with E-state index >= 15 is 0 Å². The molecule has 0 aromatic carbocycles. The van der Waals surface area contributed by atoms with Gasteiger partial charge in [0, 0.05) is 31.5 Å². The van der Waals surface area contributed by atoms with Gasteiger partial charge in [-0.2, -0.15) is 0 Å². The maximum Gasteiger partial charge on any atom is 0.157 e. The summed E-state index contributed by atoms with van der Waals surface area (Å²) in [6.07, 6.45) is 3.38. The van der Waals surface area contributed by atoms with Gasteiger partial charge < -0.3 is 14.8 Å². The molecular weight excluding hydrogens is 248 g/mol. The Morgan fingerprint density at radius 3 is 2.89 bits per heavy atom. The fourth-order valence-electron chi connectivity index (χ4n) is 2.83. The van der Waals surface area contributed by atoms with E-state index in [1.807, 2.05) is 11.8 Å². The topological polar surface area (TPSA) is 42.9 Å². The second-order valence-corrected chi connectivity index (χ2v) is 6.57. The van der Waals surface area contributed by atoms with Gasteiger partial charge in [0.2, 0.25) is 0 Å². The molecule has 3 aliphatic heterocycles. The van der Waals surface area contributed by atoms with Crippen LogP contribution in [0.3, 0.4) is 0 Å². The van der Waals surface area contributed by atoms with Gasteiger partial charge in [0.1, 0.15) is 0 Å². The first-order chi connectivity index (χ1) is 8.77. The lowest BCUT2D eigenvalue weighted by Gasteiger charge is -2.32. The predicted molar refractivity (Wildman–Crippen MR) is 74.2 cm³/mol. The van der Waals surface area contributed by atoms with Crippen LogP contribution < -0.4 is 5.32 Å². The monoisotopic (exact) mass is 270 g/mol. The SMILES string of the molecule is CC(N=C1NC2(CCOCC2)CS1)C1CCOC1. The minimum Gasteiger partial charge on any atom is -0.381 e. The molecule has 2 unspecified atom stereocenters. The maximum absolute atomic E-state index is 5.45. The average molecular weight is 270 g/mol. The van der Waals surface area contributed by atoms with E-state index in [4.69, 9.17) is 14.5 Å². The smallest absolute Gasteiger partial charge is 0.157 e. The van der Waals surface area contributed by atoms with E-state index in [0.29, 0.717) is 12.0 Å². The van der Waals surface area contributed by atoms with Crippen LogP contribution in [0.25, 0.3) is 0 Å². The molecule has 0 aromatic heterocycles. The highest BCUT2D eigenvalue weighted by molar-refractivity contribution is 8.14. The molecular formula is C13H22N2O2S. The quantitative estimate of drug-likeness (QED) is 0.828. The normalized spacial score (nSPS) is 34.9. The van der Waals surface area contributed by atoms with E-state index in [9.17, 15) is 0 Å². The van der Waals surface area contributed by atoms with Crippen molar-refractivity contribution >= 4 is 16.9 Å². The number of nitrogens with one attached hydrogen (secondary N) is 1. The van der Waals surface area contributed by atoms with Gasteiger partial charge in [0.15, 0.2) is 5.17 Å². The number of thioether (sulfide) groups is 1. The fraction of sp³-hybridized carbons (Fsp3) is 0.923. The number of hydrogen-bond acceptors (Lipinski definition) is 4. The predicted octanol–water partition coefficient (Wildman–Crippen LogP) is 1.65. The van der Waals surface area contributed by atoms with Crippen LogP contribution in [-0.4, -0.2) is 48.9 Å². The van der Waals surface area contributed by atoms with Crippen LogP contribution >= 0.6 is 11.8 Å². The molecule has 5 heteroatoms. The van der Waals surface area contributed by atoms with Crippen molar-refractivity contribution in [2.75, 3.05) is 32.2 Å². The van der Waals surface area contributed by atoms with Crippen LogP contribution in [0.4, 0.5) is 0 Å². The van der Waals surface area contributed by atoms with E-state index in [1.165, 1.54) is 0 Å². The second-order valence-electron chi connectivity index (χ2n) is 5.60. The highest BCUT2D eigenvalue weighted by Crippen LogP contribution is 2.32. The molecule has 3 rings (SSSR count). The Hall–Kier alpha value is -0.260. The van der Waals surface area contributed by atoms with E-state index in [2.05, 4.69) is 12.2 Å². The van der Waals surface area contributed by atoms with Crippen molar-refractivity contribution in [1.82, 2.24) is 5.32 Å². The summed E-state index contributed by atoms with van der Waals surface area (Å²) in [5, 5.41) is 4.79. The molecule has 3 aliphatic rings. The van der Waals surface area contributed by atoms with Gasteiger partial charge in [-0.15, -0.1) is 0 Å². The van der Waals surface area contributed by atoms with Crippen molar-refractivity contribution in [2.45, 2.75) is 37.8 Å². The van der Waals surface area contributed by atoms with Crippen LogP contribution in [0.1, 0.15) is 26.2 Å². The van der Waals surface area contributed by atoms with Crippen LogP contribution in [0.15, 0.2) is 4.99 Å². The first-order valence-electron chi connectivity index (χ1n) is 6.92. The molecule has 3 heterocycles. The van der Waals surface area contributed by atoms with Crippen LogP contribution in [-0.2, 0) is 9.47 Å². The number of hydrogen-bond donors (Lipinski definition) is 1. The van der Waals surface area contributed by atoms with Gasteiger partial charge in [-0.25, -0.2) is 0 Å². The Morgan fingerprint density at radius 2 is 2.17 bits per heavy atom. The van der Waals surface area contributed by atoms with Crippen molar-refractivity contribution in [1.29, 1.82) is 0 Å². The standard InChI is InChI=1S/C13H22N2O2S/c1-10(11-2-5-17-8-11)14-12-15-13(9-18-12)3-6-16-7-4-13/h10-11H,2-9H2,1H3,(H,14,15). The minimum absolute atomic E-state index is 0.258. The maximum atomic E-state index is 5.45. The van der Waals surface area contributed by atoms with Gasteiger partial charge in [-0.1, -0.05) is 11.8 Å². The summed E-state index contributed by atoms with van der Waals surface area (Å²) in [5.74, 6) is 1.74. The van der Waals surface area contributed by atoms with Gasteiger partial charge >= 0.3 is 0 Å². The number of aliphatic imine (C=N–C) groups is 1. The van der Waals surface area contributed by atoms with E-state index < -0.39 is 0 Å². The molecule has 0 aliphatic carbocycles. The molecule has 1 N–H and O–H groups in total. The largest absolute Gasteiger partial charge is 0.381 e. The number of nitrogens with zero attached hydrogens (tertiary/aromatic N) is 1. The molecule has 102 valence electrons. The molecule has 4 nitrogen and oxygen atoms in total. The zero-order valence-corrected chi connectivity index (χ0v) is 11.8. The molecule has 0 bridgehead atoms. The minimum atomic E-state index is 0.258. The molecule has 0 saturated carbocycles. The van der Waals surface area contributed by atoms with Crippen molar-refractivity contribution in [3.63, 3.8) is 0 Å². The molecule has 18 heavy (non-hydrogen) atoms. The molecule has 3 fully saturated rings. The Balaban J connectivity index is 1.60. The summed E-state index contributed by atoms with van der Waals surface area (Å²) >= 11 is 1.88. The average Bonchev–Trinajstić information content (AvgIpc) is 3.01. The van der Waals surface area contributed by atoms with E-state index in [1.54, 1.807) is 0 Å². The first-order valence-corrected chi connectivity index (χ1v) is 7.90. The summed E-state index contributed by atoms with van der Waals surface area (Å²) in [4.78, 5) is 4.86. The number of amidine groups is 1. The van der Waals surface area contributed by atoms with Crippen molar-refractivity contribution in [3.8, 4) is 0 Å². The Morgan fingerprint density at radius 1 is 1.33 bits per heavy atom. The first kappa shape index (κ1) is 12.8. The Bertz CT molecular complexity index is 323. The summed E-state index contributed by atoms with van der Waals surface area (Å²) in [6, 6.07) is 0.373. The number of rotatable bonds is 2. The molecule has 1 spiro atoms. The molecule has 2 atom stereocenters. The third kappa shape index (κ3) is 2.68. The van der Waals surface area contributed by atoms with E-state index in [-0.39, 0.29) is 5.54 Å².